The van der Waals surface area contributed by atoms with Crippen molar-refractivity contribution < 1.29 is 4.79 Å². The Labute approximate surface area is 72.7 Å². The third-order valence-electron chi connectivity index (χ3n) is 4.06. The Morgan fingerprint density at radius 3 is 2.58 bits per heavy atom. The average molecular weight is 165 g/mol. The lowest BCUT2D eigenvalue weighted by molar-refractivity contribution is -0.129. The van der Waals surface area contributed by atoms with Crippen molar-refractivity contribution in [3.8, 4) is 0 Å². The third kappa shape index (κ3) is 0.838. The molecule has 2 nitrogen and oxygen atoms in total. The fourth-order valence-corrected chi connectivity index (χ4v) is 3.43. The van der Waals surface area contributed by atoms with E-state index in [0.717, 1.165) is 24.2 Å². The Hall–Kier alpha value is -0.530. The van der Waals surface area contributed by atoms with Gasteiger partial charge in [-0.05, 0) is 37.0 Å². The van der Waals surface area contributed by atoms with Gasteiger partial charge in [0.05, 0.1) is 0 Å². The van der Waals surface area contributed by atoms with Gasteiger partial charge in [-0.15, -0.1) is 0 Å². The summed E-state index contributed by atoms with van der Waals surface area (Å²) in [6.07, 6.45) is 6.56. The topological polar surface area (TPSA) is 29.1 Å². The second-order valence-electron chi connectivity index (χ2n) is 4.72. The van der Waals surface area contributed by atoms with Gasteiger partial charge in [-0.3, -0.25) is 4.79 Å². The van der Waals surface area contributed by atoms with Crippen molar-refractivity contribution in [2.24, 2.45) is 17.8 Å². The van der Waals surface area contributed by atoms with Gasteiger partial charge in [-0.2, -0.15) is 0 Å². The van der Waals surface area contributed by atoms with Gasteiger partial charge in [-0.25, -0.2) is 0 Å². The molecule has 2 saturated carbocycles. The second kappa shape index (κ2) is 2.24. The van der Waals surface area contributed by atoms with Crippen LogP contribution in [0.4, 0.5) is 0 Å². The standard InChI is InChI=1S/C10H15NO/c12-10-5-9(11-10)8-4-6-1-2-7(8)3-6/h6-9H,1-5H2,(H,11,12). The number of hydrogen-bond acceptors (Lipinski definition) is 1. The summed E-state index contributed by atoms with van der Waals surface area (Å²) in [4.78, 5) is 10.8. The average Bonchev–Trinajstić information content (AvgIpc) is 2.58. The van der Waals surface area contributed by atoms with Crippen molar-refractivity contribution in [2.45, 2.75) is 38.1 Å². The summed E-state index contributed by atoms with van der Waals surface area (Å²) in [6, 6.07) is 0.563. The summed E-state index contributed by atoms with van der Waals surface area (Å²) >= 11 is 0. The monoisotopic (exact) mass is 165 g/mol. The van der Waals surface area contributed by atoms with E-state index >= 15 is 0 Å². The second-order valence-corrected chi connectivity index (χ2v) is 4.72. The van der Waals surface area contributed by atoms with Gasteiger partial charge in [0.25, 0.3) is 0 Å². The minimum absolute atomic E-state index is 0.266. The molecule has 0 radical (unpaired) electrons. The number of amides is 1. The molecule has 3 aliphatic rings. The molecule has 4 atom stereocenters. The van der Waals surface area contributed by atoms with Gasteiger partial charge in [0, 0.05) is 12.5 Å². The van der Waals surface area contributed by atoms with Crippen LogP contribution in [0.5, 0.6) is 0 Å². The van der Waals surface area contributed by atoms with E-state index in [1.807, 2.05) is 0 Å². The van der Waals surface area contributed by atoms with Crippen LogP contribution in [0.1, 0.15) is 32.1 Å². The fourth-order valence-electron chi connectivity index (χ4n) is 3.43. The molecule has 2 aliphatic carbocycles. The van der Waals surface area contributed by atoms with E-state index in [2.05, 4.69) is 5.32 Å². The van der Waals surface area contributed by atoms with Crippen molar-refractivity contribution in [1.29, 1.82) is 0 Å². The van der Waals surface area contributed by atoms with E-state index in [1.54, 1.807) is 0 Å². The highest BCUT2D eigenvalue weighted by Gasteiger charge is 2.46. The Balaban J connectivity index is 1.67. The fraction of sp³-hybridized carbons (Fsp3) is 0.900. The third-order valence-corrected chi connectivity index (χ3v) is 4.06. The summed E-state index contributed by atoms with van der Waals surface area (Å²) in [5.74, 6) is 3.09. The van der Waals surface area contributed by atoms with Gasteiger partial charge in [0.1, 0.15) is 0 Å². The quantitative estimate of drug-likeness (QED) is 0.583. The molecule has 66 valence electrons. The van der Waals surface area contributed by atoms with Gasteiger partial charge >= 0.3 is 0 Å². The lowest BCUT2D eigenvalue weighted by Gasteiger charge is -2.36. The van der Waals surface area contributed by atoms with E-state index in [1.165, 1.54) is 25.7 Å². The number of rotatable bonds is 1. The Morgan fingerprint density at radius 1 is 1.25 bits per heavy atom. The molecule has 3 rings (SSSR count). The molecule has 4 unspecified atom stereocenters. The van der Waals surface area contributed by atoms with Crippen molar-refractivity contribution in [3.05, 3.63) is 0 Å². The van der Waals surface area contributed by atoms with Gasteiger partial charge in [0.15, 0.2) is 0 Å². The summed E-state index contributed by atoms with van der Waals surface area (Å²) in [6.45, 7) is 0. The highest BCUT2D eigenvalue weighted by atomic mass is 16.2. The van der Waals surface area contributed by atoms with Crippen LogP contribution in [-0.4, -0.2) is 11.9 Å². The number of nitrogens with one attached hydrogen (secondary N) is 1. The first-order valence-corrected chi connectivity index (χ1v) is 5.12. The molecular formula is C10H15NO. The Bertz CT molecular complexity index is 218. The maximum absolute atomic E-state index is 10.8. The van der Waals surface area contributed by atoms with Crippen molar-refractivity contribution in [1.82, 2.24) is 5.32 Å². The van der Waals surface area contributed by atoms with Crippen LogP contribution >= 0.6 is 0 Å². The smallest absolute Gasteiger partial charge is 0.222 e. The summed E-state index contributed by atoms with van der Waals surface area (Å²) < 4.78 is 0. The van der Waals surface area contributed by atoms with E-state index in [4.69, 9.17) is 0 Å². The van der Waals surface area contributed by atoms with Gasteiger partial charge in [-0.1, -0.05) is 6.42 Å². The first kappa shape index (κ1) is 6.93. The highest BCUT2D eigenvalue weighted by molar-refractivity contribution is 5.82. The van der Waals surface area contributed by atoms with Crippen LogP contribution in [0.25, 0.3) is 0 Å². The molecule has 2 heteroatoms. The minimum atomic E-state index is 0.266. The highest BCUT2D eigenvalue weighted by Crippen LogP contribution is 2.50. The molecule has 2 bridgehead atoms. The molecule has 3 fully saturated rings. The SMILES string of the molecule is O=C1CC(C2CC3CCC2C3)N1. The number of carbonyl (C=O) groups is 1. The lowest BCUT2D eigenvalue weighted by Crippen LogP contribution is -2.53. The van der Waals surface area contributed by atoms with Crippen molar-refractivity contribution in [2.75, 3.05) is 0 Å². The van der Waals surface area contributed by atoms with Crippen LogP contribution in [0.3, 0.4) is 0 Å². The van der Waals surface area contributed by atoms with E-state index in [-0.39, 0.29) is 5.91 Å². The predicted molar refractivity (Wildman–Crippen MR) is 45.5 cm³/mol. The number of β-lactam (4-membered cyclic amide) rings is 1. The van der Waals surface area contributed by atoms with E-state index < -0.39 is 0 Å². The molecule has 0 aromatic carbocycles. The predicted octanol–water partition coefficient (Wildman–Crippen LogP) is 1.31. The van der Waals surface area contributed by atoms with Crippen LogP contribution < -0.4 is 5.32 Å². The normalized spacial score (nSPS) is 50.5. The zero-order valence-electron chi connectivity index (χ0n) is 7.25. The number of carbonyl (C=O) groups excluding carboxylic acids is 1. The van der Waals surface area contributed by atoms with Crippen LogP contribution in [0, 0.1) is 17.8 Å². The van der Waals surface area contributed by atoms with Crippen LogP contribution in [0.2, 0.25) is 0 Å². The molecular weight excluding hydrogens is 150 g/mol. The van der Waals surface area contributed by atoms with Crippen molar-refractivity contribution >= 4 is 5.91 Å². The minimum Gasteiger partial charge on any atom is -0.352 e. The number of fused-ring (bicyclic) bond motifs is 2. The van der Waals surface area contributed by atoms with Gasteiger partial charge in [0.2, 0.25) is 5.91 Å². The molecule has 1 saturated heterocycles. The molecule has 0 spiro atoms. The molecule has 1 N–H and O–H groups in total. The van der Waals surface area contributed by atoms with E-state index in [9.17, 15) is 4.79 Å². The number of hydrogen-bond donors (Lipinski definition) is 1. The molecule has 1 aliphatic heterocycles. The lowest BCUT2D eigenvalue weighted by atomic mass is 9.79. The molecule has 0 aromatic rings. The molecule has 1 heterocycles. The van der Waals surface area contributed by atoms with E-state index in [0.29, 0.717) is 6.04 Å². The first-order chi connectivity index (χ1) is 5.83. The largest absolute Gasteiger partial charge is 0.352 e. The summed E-state index contributed by atoms with van der Waals surface area (Å²) in [5, 5.41) is 3.03. The van der Waals surface area contributed by atoms with Crippen LogP contribution in [0.15, 0.2) is 0 Å². The van der Waals surface area contributed by atoms with Crippen LogP contribution in [-0.2, 0) is 4.79 Å². The Morgan fingerprint density at radius 2 is 2.08 bits per heavy atom. The van der Waals surface area contributed by atoms with Gasteiger partial charge < -0.3 is 5.32 Å². The van der Waals surface area contributed by atoms with Crippen molar-refractivity contribution in [3.63, 3.8) is 0 Å². The molecule has 12 heavy (non-hydrogen) atoms. The summed E-state index contributed by atoms with van der Waals surface area (Å²) in [7, 11) is 0. The zero-order chi connectivity index (χ0) is 8.13. The molecule has 1 amide bonds. The first-order valence-electron chi connectivity index (χ1n) is 5.12. The maximum Gasteiger partial charge on any atom is 0.222 e. The maximum atomic E-state index is 10.8. The Kier molecular flexibility index (Phi) is 1.29. The zero-order valence-corrected chi connectivity index (χ0v) is 7.25. The molecule has 0 aromatic heterocycles. The summed E-state index contributed by atoms with van der Waals surface area (Å²) in [5.41, 5.74) is 0.